The maximum absolute atomic E-state index is 4.51. The lowest BCUT2D eigenvalue weighted by Crippen LogP contribution is -2.12. The van der Waals surface area contributed by atoms with Crippen LogP contribution in [0, 0.1) is 5.92 Å². The van der Waals surface area contributed by atoms with Crippen LogP contribution in [0.2, 0.25) is 0 Å². The molecule has 0 aliphatic carbocycles. The van der Waals surface area contributed by atoms with Crippen molar-refractivity contribution in [3.63, 3.8) is 0 Å². The molecule has 2 heterocycles. The van der Waals surface area contributed by atoms with Gasteiger partial charge in [0.15, 0.2) is 0 Å². The normalized spacial score (nSPS) is 12.7. The van der Waals surface area contributed by atoms with Gasteiger partial charge in [0.1, 0.15) is 0 Å². The Kier molecular flexibility index (Phi) is 4.77. The molecule has 20 heavy (non-hydrogen) atoms. The summed E-state index contributed by atoms with van der Waals surface area (Å²) in [6.07, 6.45) is 4.74. The van der Waals surface area contributed by atoms with Crippen LogP contribution >= 0.6 is 0 Å². The van der Waals surface area contributed by atoms with Crippen molar-refractivity contribution >= 4 is 5.69 Å². The Hall–Kier alpha value is -1.84. The number of hydrogen-bond donors (Lipinski definition) is 1. The van der Waals surface area contributed by atoms with Crippen LogP contribution < -0.4 is 5.32 Å². The molecule has 4 nitrogen and oxygen atoms in total. The largest absolute Gasteiger partial charge is 0.374 e. The maximum atomic E-state index is 4.51. The lowest BCUT2D eigenvalue weighted by Gasteiger charge is -2.15. The van der Waals surface area contributed by atoms with Gasteiger partial charge in [0.05, 0.1) is 29.3 Å². The average molecular weight is 272 g/mol. The first kappa shape index (κ1) is 14.6. The summed E-state index contributed by atoms with van der Waals surface area (Å²) in [5, 5.41) is 8.03. The Morgan fingerprint density at radius 3 is 2.65 bits per heavy atom. The van der Waals surface area contributed by atoms with Crippen LogP contribution in [-0.4, -0.2) is 14.8 Å². The molecular weight excluding hydrogens is 248 g/mol. The predicted molar refractivity (Wildman–Crippen MR) is 82.7 cm³/mol. The molecule has 108 valence electrons. The minimum atomic E-state index is 0.179. The van der Waals surface area contributed by atoms with E-state index >= 15 is 0 Å². The second-order valence-electron chi connectivity index (χ2n) is 5.56. The standard InChI is InChI=1S/C16H24N4/c1-5-16-15(10-18-20(16)11-12(2)3)19-13(4)14-8-6-7-9-17-14/h6-10,12-13,19H,5,11H2,1-4H3. The van der Waals surface area contributed by atoms with Gasteiger partial charge in [-0.2, -0.15) is 5.10 Å². The van der Waals surface area contributed by atoms with Crippen molar-refractivity contribution < 1.29 is 0 Å². The smallest absolute Gasteiger partial charge is 0.0764 e. The zero-order valence-electron chi connectivity index (χ0n) is 12.8. The summed E-state index contributed by atoms with van der Waals surface area (Å²) in [6.45, 7) is 9.68. The number of nitrogens with zero attached hydrogens (tertiary/aromatic N) is 3. The predicted octanol–water partition coefficient (Wildman–Crippen LogP) is 3.67. The van der Waals surface area contributed by atoms with E-state index in [0.717, 1.165) is 24.3 Å². The molecular formula is C16H24N4. The molecule has 1 atom stereocenters. The lowest BCUT2D eigenvalue weighted by molar-refractivity contribution is 0.470. The highest BCUT2D eigenvalue weighted by molar-refractivity contribution is 5.48. The first-order chi connectivity index (χ1) is 9.61. The summed E-state index contributed by atoms with van der Waals surface area (Å²) in [6, 6.07) is 6.18. The Morgan fingerprint density at radius 1 is 1.25 bits per heavy atom. The molecule has 2 aromatic heterocycles. The summed E-state index contributed by atoms with van der Waals surface area (Å²) < 4.78 is 2.11. The summed E-state index contributed by atoms with van der Waals surface area (Å²) in [5.41, 5.74) is 3.43. The summed E-state index contributed by atoms with van der Waals surface area (Å²) in [4.78, 5) is 4.40. The first-order valence-corrected chi connectivity index (χ1v) is 7.34. The third-order valence-electron chi connectivity index (χ3n) is 3.33. The second-order valence-corrected chi connectivity index (χ2v) is 5.56. The monoisotopic (exact) mass is 272 g/mol. The fraction of sp³-hybridized carbons (Fsp3) is 0.500. The molecule has 0 saturated carbocycles. The van der Waals surface area contributed by atoms with E-state index in [1.807, 2.05) is 30.6 Å². The van der Waals surface area contributed by atoms with Crippen LogP contribution in [0.4, 0.5) is 5.69 Å². The van der Waals surface area contributed by atoms with Crippen molar-refractivity contribution in [3.8, 4) is 0 Å². The van der Waals surface area contributed by atoms with E-state index in [4.69, 9.17) is 0 Å². The number of anilines is 1. The number of nitrogens with one attached hydrogen (secondary N) is 1. The zero-order chi connectivity index (χ0) is 14.5. The molecule has 0 aliphatic rings. The number of rotatable bonds is 6. The van der Waals surface area contributed by atoms with Crippen molar-refractivity contribution in [1.29, 1.82) is 0 Å². The molecule has 1 unspecified atom stereocenters. The van der Waals surface area contributed by atoms with Crippen LogP contribution in [-0.2, 0) is 13.0 Å². The van der Waals surface area contributed by atoms with E-state index in [0.29, 0.717) is 5.92 Å². The maximum Gasteiger partial charge on any atom is 0.0764 e. The number of aromatic nitrogens is 3. The third-order valence-corrected chi connectivity index (χ3v) is 3.33. The molecule has 0 fully saturated rings. The summed E-state index contributed by atoms with van der Waals surface area (Å²) in [7, 11) is 0. The van der Waals surface area contributed by atoms with Gasteiger partial charge >= 0.3 is 0 Å². The van der Waals surface area contributed by atoms with E-state index in [1.54, 1.807) is 0 Å². The van der Waals surface area contributed by atoms with Gasteiger partial charge < -0.3 is 5.32 Å². The molecule has 1 N–H and O–H groups in total. The van der Waals surface area contributed by atoms with Crippen LogP contribution in [0.25, 0.3) is 0 Å². The fourth-order valence-corrected chi connectivity index (χ4v) is 2.35. The molecule has 2 rings (SSSR count). The number of pyridine rings is 1. The van der Waals surface area contributed by atoms with E-state index < -0.39 is 0 Å². The SMILES string of the molecule is CCc1c(NC(C)c2ccccn2)cnn1CC(C)C. The second kappa shape index (κ2) is 6.55. The van der Waals surface area contributed by atoms with Crippen LogP contribution in [0.5, 0.6) is 0 Å². The quantitative estimate of drug-likeness (QED) is 0.872. The molecule has 2 aromatic rings. The van der Waals surface area contributed by atoms with E-state index in [-0.39, 0.29) is 6.04 Å². The van der Waals surface area contributed by atoms with E-state index in [9.17, 15) is 0 Å². The fourth-order valence-electron chi connectivity index (χ4n) is 2.35. The topological polar surface area (TPSA) is 42.7 Å². The highest BCUT2D eigenvalue weighted by atomic mass is 15.3. The highest BCUT2D eigenvalue weighted by Crippen LogP contribution is 2.22. The minimum Gasteiger partial charge on any atom is -0.374 e. The van der Waals surface area contributed by atoms with Crippen molar-refractivity contribution in [2.75, 3.05) is 5.32 Å². The summed E-state index contributed by atoms with van der Waals surface area (Å²) >= 11 is 0. The van der Waals surface area contributed by atoms with Gasteiger partial charge in [-0.15, -0.1) is 0 Å². The zero-order valence-corrected chi connectivity index (χ0v) is 12.8. The summed E-state index contributed by atoms with van der Waals surface area (Å²) in [5.74, 6) is 0.598. The minimum absolute atomic E-state index is 0.179. The van der Waals surface area contributed by atoms with Crippen LogP contribution in [0.15, 0.2) is 30.6 Å². The van der Waals surface area contributed by atoms with Gasteiger partial charge in [-0.25, -0.2) is 0 Å². The van der Waals surface area contributed by atoms with Gasteiger partial charge in [0, 0.05) is 12.7 Å². The average Bonchev–Trinajstić information content (AvgIpc) is 2.80. The Morgan fingerprint density at radius 2 is 2.05 bits per heavy atom. The molecule has 0 spiro atoms. The highest BCUT2D eigenvalue weighted by Gasteiger charge is 2.13. The van der Waals surface area contributed by atoms with Crippen molar-refractivity contribution in [3.05, 3.63) is 42.0 Å². The molecule has 0 saturated heterocycles. The van der Waals surface area contributed by atoms with Gasteiger partial charge in [-0.1, -0.05) is 26.8 Å². The van der Waals surface area contributed by atoms with Gasteiger partial charge in [-0.05, 0) is 31.4 Å². The molecule has 0 aromatic carbocycles. The lowest BCUT2D eigenvalue weighted by atomic mass is 10.2. The van der Waals surface area contributed by atoms with Gasteiger partial charge in [-0.3, -0.25) is 9.67 Å². The first-order valence-electron chi connectivity index (χ1n) is 7.34. The van der Waals surface area contributed by atoms with Crippen LogP contribution in [0.3, 0.4) is 0 Å². The van der Waals surface area contributed by atoms with Gasteiger partial charge in [0.2, 0.25) is 0 Å². The molecule has 0 radical (unpaired) electrons. The molecule has 0 bridgehead atoms. The van der Waals surface area contributed by atoms with Crippen molar-refractivity contribution in [1.82, 2.24) is 14.8 Å². The van der Waals surface area contributed by atoms with Crippen LogP contribution in [0.1, 0.15) is 45.1 Å². The number of hydrogen-bond acceptors (Lipinski definition) is 3. The Bertz CT molecular complexity index is 531. The van der Waals surface area contributed by atoms with E-state index in [1.165, 1.54) is 5.69 Å². The Labute approximate surface area is 121 Å². The molecule has 0 amide bonds. The van der Waals surface area contributed by atoms with E-state index in [2.05, 4.69) is 47.8 Å². The Balaban J connectivity index is 2.15. The van der Waals surface area contributed by atoms with Gasteiger partial charge in [0.25, 0.3) is 0 Å². The van der Waals surface area contributed by atoms with Crippen molar-refractivity contribution in [2.24, 2.45) is 5.92 Å². The molecule has 4 heteroatoms. The molecule has 0 aliphatic heterocycles. The van der Waals surface area contributed by atoms with Crippen molar-refractivity contribution in [2.45, 2.75) is 46.7 Å². The third kappa shape index (κ3) is 3.38.